The first-order valence-corrected chi connectivity index (χ1v) is 11.6. The Morgan fingerprint density at radius 1 is 1.12 bits per heavy atom. The maximum atomic E-state index is 12.8. The number of hydrogen-bond acceptors (Lipinski definition) is 4. The zero-order valence-corrected chi connectivity index (χ0v) is 19.4. The van der Waals surface area contributed by atoms with Gasteiger partial charge in [0, 0.05) is 11.5 Å². The van der Waals surface area contributed by atoms with Gasteiger partial charge in [0.05, 0.1) is 11.3 Å². The number of halogens is 3. The SMILES string of the molecule is CCC(Oc1ccc(C(=NOCc2ccc(C(F)(F)F)cc2)C2CCCCC2)cc1C)C(=O)O. The van der Waals surface area contributed by atoms with Crippen LogP contribution in [-0.4, -0.2) is 22.9 Å². The number of oxime groups is 1. The molecule has 8 heteroatoms. The van der Waals surface area contributed by atoms with Gasteiger partial charge in [0.1, 0.15) is 12.4 Å². The number of rotatable bonds is 9. The lowest BCUT2D eigenvalue weighted by Gasteiger charge is -2.24. The van der Waals surface area contributed by atoms with Gasteiger partial charge in [-0.05, 0) is 67.6 Å². The van der Waals surface area contributed by atoms with Gasteiger partial charge < -0.3 is 14.7 Å². The van der Waals surface area contributed by atoms with E-state index in [1.54, 1.807) is 13.0 Å². The van der Waals surface area contributed by atoms with Gasteiger partial charge in [-0.1, -0.05) is 43.5 Å². The van der Waals surface area contributed by atoms with Crippen LogP contribution in [0.4, 0.5) is 13.2 Å². The quantitative estimate of drug-likeness (QED) is 0.320. The Morgan fingerprint density at radius 3 is 2.35 bits per heavy atom. The van der Waals surface area contributed by atoms with E-state index in [0.717, 1.165) is 54.7 Å². The van der Waals surface area contributed by atoms with Crippen molar-refractivity contribution in [3.63, 3.8) is 0 Å². The monoisotopic (exact) mass is 477 g/mol. The molecule has 1 N–H and O–H groups in total. The maximum Gasteiger partial charge on any atom is 0.416 e. The average Bonchev–Trinajstić information content (AvgIpc) is 2.81. The molecule has 2 aromatic rings. The van der Waals surface area contributed by atoms with Crippen LogP contribution in [0.2, 0.25) is 0 Å². The minimum Gasteiger partial charge on any atom is -0.479 e. The highest BCUT2D eigenvalue weighted by molar-refractivity contribution is 6.02. The molecule has 184 valence electrons. The number of carboxylic acids is 1. The molecule has 0 aromatic heterocycles. The third-order valence-electron chi connectivity index (χ3n) is 6.05. The number of nitrogens with zero attached hydrogens (tertiary/aromatic N) is 1. The topological polar surface area (TPSA) is 68.1 Å². The first kappa shape index (κ1) is 25.6. The molecule has 1 aliphatic carbocycles. The third-order valence-corrected chi connectivity index (χ3v) is 6.05. The minimum absolute atomic E-state index is 0.0608. The van der Waals surface area contributed by atoms with E-state index >= 15 is 0 Å². The fourth-order valence-corrected chi connectivity index (χ4v) is 4.11. The summed E-state index contributed by atoms with van der Waals surface area (Å²) in [6.07, 6.45) is 0.398. The molecule has 0 aliphatic heterocycles. The molecule has 5 nitrogen and oxygen atoms in total. The zero-order chi connectivity index (χ0) is 24.7. The number of benzene rings is 2. The molecular weight excluding hydrogens is 447 g/mol. The first-order valence-electron chi connectivity index (χ1n) is 11.6. The summed E-state index contributed by atoms with van der Waals surface area (Å²) >= 11 is 0. The van der Waals surface area contributed by atoms with Crippen LogP contribution in [0.5, 0.6) is 5.75 Å². The van der Waals surface area contributed by atoms with Crippen molar-refractivity contribution < 1.29 is 32.6 Å². The number of ether oxygens (including phenoxy) is 1. The minimum atomic E-state index is -4.37. The van der Waals surface area contributed by atoms with E-state index in [1.807, 2.05) is 19.1 Å². The molecule has 1 aliphatic rings. The van der Waals surface area contributed by atoms with Gasteiger partial charge in [0.25, 0.3) is 0 Å². The average molecular weight is 478 g/mol. The predicted molar refractivity (Wildman–Crippen MR) is 123 cm³/mol. The van der Waals surface area contributed by atoms with Gasteiger partial charge in [0.2, 0.25) is 0 Å². The first-order chi connectivity index (χ1) is 16.2. The fourth-order valence-electron chi connectivity index (χ4n) is 4.11. The van der Waals surface area contributed by atoms with Gasteiger partial charge >= 0.3 is 12.1 Å². The number of aliphatic carboxylic acids is 1. The summed E-state index contributed by atoms with van der Waals surface area (Å²) in [5.41, 5.74) is 2.36. The van der Waals surface area contributed by atoms with Crippen molar-refractivity contribution in [2.24, 2.45) is 11.1 Å². The Hall–Kier alpha value is -3.03. The van der Waals surface area contributed by atoms with E-state index in [2.05, 4.69) is 5.16 Å². The van der Waals surface area contributed by atoms with Crippen LogP contribution in [0.3, 0.4) is 0 Å². The highest BCUT2D eigenvalue weighted by atomic mass is 19.4. The molecule has 0 bridgehead atoms. The Balaban J connectivity index is 1.78. The van der Waals surface area contributed by atoms with Crippen molar-refractivity contribution >= 4 is 11.7 Å². The number of carboxylic acid groups (broad SMARTS) is 1. The van der Waals surface area contributed by atoms with Crippen molar-refractivity contribution in [3.05, 3.63) is 64.7 Å². The Morgan fingerprint density at radius 2 is 1.79 bits per heavy atom. The van der Waals surface area contributed by atoms with Crippen molar-refractivity contribution in [1.82, 2.24) is 0 Å². The van der Waals surface area contributed by atoms with Gasteiger partial charge in [-0.15, -0.1) is 0 Å². The molecular formula is C26H30F3NO4. The van der Waals surface area contributed by atoms with Crippen LogP contribution >= 0.6 is 0 Å². The van der Waals surface area contributed by atoms with Crippen LogP contribution in [-0.2, 0) is 22.4 Å². The lowest BCUT2D eigenvalue weighted by Crippen LogP contribution is -2.26. The second kappa shape index (κ2) is 11.4. The van der Waals surface area contributed by atoms with Crippen LogP contribution in [0.1, 0.15) is 67.7 Å². The molecule has 3 rings (SSSR count). The van der Waals surface area contributed by atoms with E-state index in [9.17, 15) is 23.1 Å². The van der Waals surface area contributed by atoms with Crippen molar-refractivity contribution in [3.8, 4) is 5.75 Å². The molecule has 0 saturated heterocycles. The predicted octanol–water partition coefficient (Wildman–Crippen LogP) is 6.76. The smallest absolute Gasteiger partial charge is 0.416 e. The summed E-state index contributed by atoms with van der Waals surface area (Å²) in [5, 5.41) is 13.7. The number of hydrogen-bond donors (Lipinski definition) is 1. The number of aryl methyl sites for hydroxylation is 1. The van der Waals surface area contributed by atoms with E-state index in [1.165, 1.54) is 18.6 Å². The molecule has 1 unspecified atom stereocenters. The summed E-state index contributed by atoms with van der Waals surface area (Å²) in [4.78, 5) is 16.9. The second-order valence-corrected chi connectivity index (χ2v) is 8.61. The number of alkyl halides is 3. The maximum absolute atomic E-state index is 12.8. The lowest BCUT2D eigenvalue weighted by molar-refractivity contribution is -0.145. The summed E-state index contributed by atoms with van der Waals surface area (Å²) in [7, 11) is 0. The van der Waals surface area contributed by atoms with Crippen LogP contribution in [0.15, 0.2) is 47.6 Å². The number of carbonyl (C=O) groups is 1. The van der Waals surface area contributed by atoms with E-state index in [-0.39, 0.29) is 12.5 Å². The van der Waals surface area contributed by atoms with Crippen molar-refractivity contribution in [2.75, 3.05) is 0 Å². The summed E-state index contributed by atoms with van der Waals surface area (Å²) in [6.45, 7) is 3.67. The zero-order valence-electron chi connectivity index (χ0n) is 19.4. The van der Waals surface area contributed by atoms with Crippen molar-refractivity contribution in [2.45, 2.75) is 71.3 Å². The molecule has 0 spiro atoms. The highest BCUT2D eigenvalue weighted by Crippen LogP contribution is 2.31. The fraction of sp³-hybridized carbons (Fsp3) is 0.462. The highest BCUT2D eigenvalue weighted by Gasteiger charge is 2.30. The molecule has 1 saturated carbocycles. The third kappa shape index (κ3) is 6.74. The Labute approximate surface area is 197 Å². The summed E-state index contributed by atoms with van der Waals surface area (Å²) in [6, 6.07) is 10.4. The standard InChI is InChI=1S/C26H30F3NO4/c1-3-22(25(31)32)34-23-14-11-20(15-17(23)2)24(19-7-5-4-6-8-19)30-33-16-18-9-12-21(13-10-18)26(27,28)29/h9-15,19,22H,3-8,16H2,1-2H3,(H,31,32). The molecule has 0 radical (unpaired) electrons. The van der Waals surface area contributed by atoms with Crippen LogP contribution in [0, 0.1) is 12.8 Å². The molecule has 0 amide bonds. The van der Waals surface area contributed by atoms with Gasteiger partial charge in [-0.25, -0.2) is 4.79 Å². The van der Waals surface area contributed by atoms with Gasteiger partial charge in [-0.2, -0.15) is 13.2 Å². The normalized spacial score (nSPS) is 16.2. The Kier molecular flexibility index (Phi) is 8.58. The summed E-state index contributed by atoms with van der Waals surface area (Å²) in [5.74, 6) is -0.284. The van der Waals surface area contributed by atoms with E-state index in [4.69, 9.17) is 9.57 Å². The molecule has 1 fully saturated rings. The van der Waals surface area contributed by atoms with Gasteiger partial charge in [0.15, 0.2) is 6.10 Å². The van der Waals surface area contributed by atoms with Crippen LogP contribution in [0.25, 0.3) is 0 Å². The largest absolute Gasteiger partial charge is 0.479 e. The molecule has 1 atom stereocenters. The molecule has 2 aromatic carbocycles. The molecule has 0 heterocycles. The Bertz CT molecular complexity index is 996. The molecule has 34 heavy (non-hydrogen) atoms. The second-order valence-electron chi connectivity index (χ2n) is 8.61. The van der Waals surface area contributed by atoms with E-state index in [0.29, 0.717) is 17.7 Å². The van der Waals surface area contributed by atoms with Gasteiger partial charge in [-0.3, -0.25) is 0 Å². The van der Waals surface area contributed by atoms with Crippen molar-refractivity contribution in [1.29, 1.82) is 0 Å². The lowest BCUT2D eigenvalue weighted by atomic mass is 9.83. The van der Waals surface area contributed by atoms with Crippen LogP contribution < -0.4 is 4.74 Å². The summed E-state index contributed by atoms with van der Waals surface area (Å²) < 4.78 is 44.0. The van der Waals surface area contributed by atoms with E-state index < -0.39 is 23.8 Å².